The van der Waals surface area contributed by atoms with Crippen LogP contribution in [0.4, 0.5) is 4.39 Å². The van der Waals surface area contributed by atoms with Gasteiger partial charge in [-0.25, -0.2) is 19.0 Å². The Morgan fingerprint density at radius 3 is 2.89 bits per heavy atom. The molecule has 0 spiro atoms. The Kier molecular flexibility index (Phi) is 5.43. The number of ether oxygens (including phenoxy) is 1. The fourth-order valence-electron chi connectivity index (χ4n) is 3.28. The van der Waals surface area contributed by atoms with E-state index in [9.17, 15) is 9.18 Å². The standard InChI is InChI=1S/C19H21FN6O2/c20-14-1-3-15(4-2-14)28-12-16(27)22-9-10-26-19-18(23-7-8-24-19)17(25-26)13-5-6-21-11-13/h1-4,7-8,13,21H,5-6,9-12H2,(H,22,27)/t13-/m0/s1. The van der Waals surface area contributed by atoms with E-state index < -0.39 is 0 Å². The monoisotopic (exact) mass is 384 g/mol. The van der Waals surface area contributed by atoms with Crippen molar-refractivity contribution in [3.05, 3.63) is 48.2 Å². The molecule has 4 rings (SSSR count). The van der Waals surface area contributed by atoms with Gasteiger partial charge in [-0.2, -0.15) is 5.10 Å². The molecule has 1 saturated heterocycles. The van der Waals surface area contributed by atoms with Gasteiger partial charge in [-0.05, 0) is 37.2 Å². The van der Waals surface area contributed by atoms with Gasteiger partial charge in [-0.1, -0.05) is 0 Å². The summed E-state index contributed by atoms with van der Waals surface area (Å²) in [6.45, 7) is 2.60. The van der Waals surface area contributed by atoms with Gasteiger partial charge in [-0.15, -0.1) is 0 Å². The lowest BCUT2D eigenvalue weighted by molar-refractivity contribution is -0.123. The molecule has 2 N–H and O–H groups in total. The molecule has 9 heteroatoms. The number of carbonyl (C=O) groups is 1. The van der Waals surface area contributed by atoms with Crippen LogP contribution in [0.25, 0.3) is 11.2 Å². The summed E-state index contributed by atoms with van der Waals surface area (Å²) in [4.78, 5) is 20.8. The Hall–Kier alpha value is -3.07. The summed E-state index contributed by atoms with van der Waals surface area (Å²) in [5.41, 5.74) is 2.50. The molecule has 1 amide bonds. The van der Waals surface area contributed by atoms with Crippen LogP contribution in [0.3, 0.4) is 0 Å². The van der Waals surface area contributed by atoms with Gasteiger partial charge in [0.1, 0.15) is 17.1 Å². The summed E-state index contributed by atoms with van der Waals surface area (Å²) in [5, 5.41) is 10.8. The largest absolute Gasteiger partial charge is 0.484 e. The van der Waals surface area contributed by atoms with Gasteiger partial charge < -0.3 is 15.4 Å². The lowest BCUT2D eigenvalue weighted by Crippen LogP contribution is -2.31. The maximum absolute atomic E-state index is 12.9. The first kappa shape index (κ1) is 18.3. The van der Waals surface area contributed by atoms with E-state index in [4.69, 9.17) is 9.84 Å². The van der Waals surface area contributed by atoms with Gasteiger partial charge in [0, 0.05) is 31.4 Å². The van der Waals surface area contributed by atoms with Gasteiger partial charge in [-0.3, -0.25) is 4.79 Å². The summed E-state index contributed by atoms with van der Waals surface area (Å²) in [6, 6.07) is 5.54. The van der Waals surface area contributed by atoms with Crippen LogP contribution in [0.1, 0.15) is 18.0 Å². The summed E-state index contributed by atoms with van der Waals surface area (Å²) >= 11 is 0. The highest BCUT2D eigenvalue weighted by Gasteiger charge is 2.24. The predicted molar refractivity (Wildman–Crippen MR) is 100 cm³/mol. The van der Waals surface area contributed by atoms with Crippen LogP contribution in [-0.2, 0) is 11.3 Å². The highest BCUT2D eigenvalue weighted by molar-refractivity contribution is 5.77. The molecule has 1 aliphatic heterocycles. The van der Waals surface area contributed by atoms with Crippen molar-refractivity contribution in [2.75, 3.05) is 26.2 Å². The Bertz CT molecular complexity index is 953. The number of amides is 1. The average Bonchev–Trinajstić information content (AvgIpc) is 3.36. The second kappa shape index (κ2) is 8.30. The minimum absolute atomic E-state index is 0.135. The van der Waals surface area contributed by atoms with E-state index in [0.717, 1.165) is 36.4 Å². The number of benzene rings is 1. The second-order valence-electron chi connectivity index (χ2n) is 6.62. The van der Waals surface area contributed by atoms with Crippen LogP contribution in [0.2, 0.25) is 0 Å². The maximum Gasteiger partial charge on any atom is 0.258 e. The molecule has 8 nitrogen and oxygen atoms in total. The third-order valence-electron chi connectivity index (χ3n) is 4.67. The van der Waals surface area contributed by atoms with Crippen LogP contribution < -0.4 is 15.4 Å². The van der Waals surface area contributed by atoms with Gasteiger partial charge in [0.05, 0.1) is 12.2 Å². The van der Waals surface area contributed by atoms with Crippen molar-refractivity contribution in [2.24, 2.45) is 0 Å². The number of nitrogens with one attached hydrogen (secondary N) is 2. The fourth-order valence-corrected chi connectivity index (χ4v) is 3.28. The van der Waals surface area contributed by atoms with E-state index in [0.29, 0.717) is 24.8 Å². The first-order valence-electron chi connectivity index (χ1n) is 9.24. The van der Waals surface area contributed by atoms with Gasteiger partial charge in [0.25, 0.3) is 5.91 Å². The SMILES string of the molecule is O=C(COc1ccc(F)cc1)NCCn1nc([C@H]2CCNC2)c2nccnc21. The third-order valence-corrected chi connectivity index (χ3v) is 4.67. The van der Waals surface area contributed by atoms with Gasteiger partial charge in [0.15, 0.2) is 12.3 Å². The van der Waals surface area contributed by atoms with Crippen LogP contribution in [0, 0.1) is 5.82 Å². The van der Waals surface area contributed by atoms with E-state index >= 15 is 0 Å². The summed E-state index contributed by atoms with van der Waals surface area (Å²) < 4.78 is 20.0. The molecule has 0 aliphatic carbocycles. The Morgan fingerprint density at radius 2 is 2.11 bits per heavy atom. The van der Waals surface area contributed by atoms with Crippen molar-refractivity contribution in [2.45, 2.75) is 18.9 Å². The van der Waals surface area contributed by atoms with Crippen molar-refractivity contribution in [1.29, 1.82) is 0 Å². The van der Waals surface area contributed by atoms with Crippen molar-refractivity contribution in [3.8, 4) is 5.75 Å². The van der Waals surface area contributed by atoms with E-state index in [1.807, 2.05) is 0 Å². The average molecular weight is 384 g/mol. The smallest absolute Gasteiger partial charge is 0.258 e. The normalized spacial score (nSPS) is 16.4. The molecule has 0 radical (unpaired) electrons. The number of rotatable bonds is 7. The molecule has 146 valence electrons. The van der Waals surface area contributed by atoms with Crippen LogP contribution in [-0.4, -0.2) is 51.9 Å². The Labute approximate surface area is 161 Å². The molecule has 1 aliphatic rings. The molecule has 0 unspecified atom stereocenters. The minimum atomic E-state index is -0.348. The summed E-state index contributed by atoms with van der Waals surface area (Å²) in [5.74, 6) is 0.171. The van der Waals surface area contributed by atoms with Crippen molar-refractivity contribution < 1.29 is 13.9 Å². The summed E-state index contributed by atoms with van der Waals surface area (Å²) in [7, 11) is 0. The molecular formula is C19H21FN6O2. The molecule has 0 saturated carbocycles. The lowest BCUT2D eigenvalue weighted by Gasteiger charge is -2.08. The third kappa shape index (κ3) is 4.09. The zero-order chi connectivity index (χ0) is 19.3. The van der Waals surface area contributed by atoms with Crippen molar-refractivity contribution in [3.63, 3.8) is 0 Å². The zero-order valence-electron chi connectivity index (χ0n) is 15.3. The number of hydrogen-bond acceptors (Lipinski definition) is 6. The van der Waals surface area contributed by atoms with Crippen LogP contribution >= 0.6 is 0 Å². The number of nitrogens with zero attached hydrogens (tertiary/aromatic N) is 4. The van der Waals surface area contributed by atoms with Crippen molar-refractivity contribution in [1.82, 2.24) is 30.4 Å². The van der Waals surface area contributed by atoms with Gasteiger partial charge >= 0.3 is 0 Å². The fraction of sp³-hybridized carbons (Fsp3) is 0.368. The lowest BCUT2D eigenvalue weighted by atomic mass is 10.0. The first-order valence-corrected chi connectivity index (χ1v) is 9.24. The van der Waals surface area contributed by atoms with E-state index in [-0.39, 0.29) is 18.3 Å². The maximum atomic E-state index is 12.9. The van der Waals surface area contributed by atoms with E-state index in [2.05, 4.69) is 20.6 Å². The van der Waals surface area contributed by atoms with Crippen LogP contribution in [0.15, 0.2) is 36.7 Å². The number of aromatic nitrogens is 4. The van der Waals surface area contributed by atoms with Gasteiger partial charge in [0.2, 0.25) is 0 Å². The Morgan fingerprint density at radius 1 is 1.29 bits per heavy atom. The number of carbonyl (C=O) groups excluding carboxylic acids is 1. The highest BCUT2D eigenvalue weighted by atomic mass is 19.1. The Balaban J connectivity index is 1.34. The zero-order valence-corrected chi connectivity index (χ0v) is 15.3. The minimum Gasteiger partial charge on any atom is -0.484 e. The molecule has 3 heterocycles. The second-order valence-corrected chi connectivity index (χ2v) is 6.62. The molecule has 1 aromatic carbocycles. The first-order chi connectivity index (χ1) is 13.7. The molecule has 28 heavy (non-hydrogen) atoms. The number of fused-ring (bicyclic) bond motifs is 1. The molecule has 3 aromatic rings. The molecule has 2 aromatic heterocycles. The molecule has 1 atom stereocenters. The number of halogens is 1. The summed E-state index contributed by atoms with van der Waals surface area (Å²) in [6.07, 6.45) is 4.35. The molecular weight excluding hydrogens is 363 g/mol. The quantitative estimate of drug-likeness (QED) is 0.637. The predicted octanol–water partition coefficient (Wildman–Crippen LogP) is 1.24. The highest BCUT2D eigenvalue weighted by Crippen LogP contribution is 2.26. The van der Waals surface area contributed by atoms with E-state index in [1.54, 1.807) is 17.1 Å². The molecule has 1 fully saturated rings. The van der Waals surface area contributed by atoms with E-state index in [1.165, 1.54) is 24.3 Å². The topological polar surface area (TPSA) is 94.0 Å². The number of hydrogen-bond donors (Lipinski definition) is 2. The van der Waals surface area contributed by atoms with Crippen molar-refractivity contribution >= 4 is 17.1 Å². The molecule has 0 bridgehead atoms. The van der Waals surface area contributed by atoms with Crippen LogP contribution in [0.5, 0.6) is 5.75 Å².